The van der Waals surface area contributed by atoms with E-state index in [9.17, 15) is 14.3 Å². The molecule has 3 nitrogen and oxygen atoms in total. The Morgan fingerprint density at radius 3 is 2.46 bits per heavy atom. The molecular weight excluding hydrogens is 329 g/mol. The monoisotopic (exact) mass is 343 g/mol. The van der Waals surface area contributed by atoms with Crippen molar-refractivity contribution in [2.75, 3.05) is 0 Å². The molecule has 4 heteroatoms. The van der Waals surface area contributed by atoms with Crippen molar-refractivity contribution in [2.45, 2.75) is 0 Å². The summed E-state index contributed by atoms with van der Waals surface area (Å²) >= 11 is 0. The molecule has 1 heterocycles. The Bertz CT molecular complexity index is 1140. The van der Waals surface area contributed by atoms with E-state index in [2.05, 4.69) is 4.98 Å². The third kappa shape index (κ3) is 2.93. The van der Waals surface area contributed by atoms with Crippen LogP contribution in [0.4, 0.5) is 4.39 Å². The van der Waals surface area contributed by atoms with Gasteiger partial charge >= 0.3 is 5.97 Å². The van der Waals surface area contributed by atoms with Crippen molar-refractivity contribution in [3.05, 3.63) is 90.4 Å². The Morgan fingerprint density at radius 1 is 0.846 bits per heavy atom. The lowest BCUT2D eigenvalue weighted by molar-refractivity contribution is 0.0697. The van der Waals surface area contributed by atoms with Crippen LogP contribution in [0, 0.1) is 5.82 Å². The Balaban J connectivity index is 1.86. The molecule has 0 fully saturated rings. The molecule has 3 aromatic carbocycles. The molecule has 0 spiro atoms. The van der Waals surface area contributed by atoms with Gasteiger partial charge in [-0.15, -0.1) is 0 Å². The van der Waals surface area contributed by atoms with E-state index in [1.807, 2.05) is 36.4 Å². The first-order valence-electron chi connectivity index (χ1n) is 8.10. The molecule has 0 radical (unpaired) electrons. The molecule has 26 heavy (non-hydrogen) atoms. The van der Waals surface area contributed by atoms with E-state index in [4.69, 9.17) is 0 Å². The molecule has 126 valence electrons. The number of nitrogens with zero attached hydrogens (tertiary/aromatic N) is 1. The van der Waals surface area contributed by atoms with Crippen LogP contribution in [0.2, 0.25) is 0 Å². The topological polar surface area (TPSA) is 50.2 Å². The first-order chi connectivity index (χ1) is 12.6. The van der Waals surface area contributed by atoms with Crippen LogP contribution in [0.15, 0.2) is 79.0 Å². The van der Waals surface area contributed by atoms with Crippen molar-refractivity contribution >= 4 is 16.9 Å². The second-order valence-electron chi connectivity index (χ2n) is 5.99. The molecule has 4 rings (SSSR count). The number of pyridine rings is 1. The quantitative estimate of drug-likeness (QED) is 0.541. The van der Waals surface area contributed by atoms with Gasteiger partial charge in [0, 0.05) is 17.1 Å². The van der Waals surface area contributed by atoms with Gasteiger partial charge in [0.1, 0.15) is 5.82 Å². The Morgan fingerprint density at radius 2 is 1.65 bits per heavy atom. The fourth-order valence-corrected chi connectivity index (χ4v) is 3.05. The largest absolute Gasteiger partial charge is 0.478 e. The number of fused-ring (bicyclic) bond motifs is 1. The first-order valence-corrected chi connectivity index (χ1v) is 8.10. The average Bonchev–Trinajstić information content (AvgIpc) is 2.67. The van der Waals surface area contributed by atoms with Crippen molar-refractivity contribution in [2.24, 2.45) is 0 Å². The summed E-state index contributed by atoms with van der Waals surface area (Å²) in [6, 6.07) is 20.8. The molecule has 0 aliphatic rings. The maximum absolute atomic E-state index is 13.5. The number of aromatic nitrogens is 1. The van der Waals surface area contributed by atoms with Crippen LogP contribution in [0.3, 0.4) is 0 Å². The van der Waals surface area contributed by atoms with Crippen LogP contribution in [0.25, 0.3) is 33.2 Å². The first kappa shape index (κ1) is 16.0. The third-order valence-corrected chi connectivity index (χ3v) is 4.31. The molecule has 1 N–H and O–H groups in total. The summed E-state index contributed by atoms with van der Waals surface area (Å²) in [6.07, 6.45) is 1.71. The number of halogens is 1. The number of carbonyl (C=O) groups is 1. The lowest BCUT2D eigenvalue weighted by Crippen LogP contribution is -1.99. The normalized spacial score (nSPS) is 10.8. The summed E-state index contributed by atoms with van der Waals surface area (Å²) < 4.78 is 13.5. The van der Waals surface area contributed by atoms with Gasteiger partial charge in [-0.05, 0) is 53.1 Å². The molecule has 0 unspecified atom stereocenters. The SMILES string of the molecule is O=C(O)c1ccccc1-c1ccc2ncc(-c3cccc(F)c3)cc2c1. The molecule has 0 saturated heterocycles. The Labute approximate surface area is 149 Å². The highest BCUT2D eigenvalue weighted by atomic mass is 19.1. The van der Waals surface area contributed by atoms with E-state index in [1.165, 1.54) is 12.1 Å². The van der Waals surface area contributed by atoms with Gasteiger partial charge in [0.2, 0.25) is 0 Å². The molecule has 4 aromatic rings. The van der Waals surface area contributed by atoms with Crippen molar-refractivity contribution < 1.29 is 14.3 Å². The third-order valence-electron chi connectivity index (χ3n) is 4.31. The summed E-state index contributed by atoms with van der Waals surface area (Å²) in [5, 5.41) is 10.3. The molecule has 0 saturated carbocycles. The van der Waals surface area contributed by atoms with E-state index in [0.717, 1.165) is 27.6 Å². The molecule has 0 aliphatic carbocycles. The van der Waals surface area contributed by atoms with Gasteiger partial charge in [-0.25, -0.2) is 9.18 Å². The van der Waals surface area contributed by atoms with Gasteiger partial charge in [0.15, 0.2) is 0 Å². The van der Waals surface area contributed by atoms with Crippen LogP contribution in [-0.2, 0) is 0 Å². The maximum atomic E-state index is 13.5. The van der Waals surface area contributed by atoms with Crippen LogP contribution in [0.1, 0.15) is 10.4 Å². The molecule has 1 aromatic heterocycles. The number of hydrogen-bond donors (Lipinski definition) is 1. The van der Waals surface area contributed by atoms with Crippen molar-refractivity contribution in [3.63, 3.8) is 0 Å². The van der Waals surface area contributed by atoms with Crippen LogP contribution < -0.4 is 0 Å². The van der Waals surface area contributed by atoms with Crippen LogP contribution in [0.5, 0.6) is 0 Å². The Kier molecular flexibility index (Phi) is 3.93. The summed E-state index contributed by atoms with van der Waals surface area (Å²) in [7, 11) is 0. The van der Waals surface area contributed by atoms with Crippen molar-refractivity contribution in [1.29, 1.82) is 0 Å². The minimum atomic E-state index is -0.965. The molecule has 0 bridgehead atoms. The highest BCUT2D eigenvalue weighted by Crippen LogP contribution is 2.29. The highest BCUT2D eigenvalue weighted by molar-refractivity contribution is 5.97. The Hall–Kier alpha value is -3.53. The summed E-state index contributed by atoms with van der Waals surface area (Å²) in [6.45, 7) is 0. The van der Waals surface area contributed by atoms with Gasteiger partial charge in [-0.1, -0.05) is 36.4 Å². The van der Waals surface area contributed by atoms with Crippen molar-refractivity contribution in [1.82, 2.24) is 4.98 Å². The minimum absolute atomic E-state index is 0.251. The van der Waals surface area contributed by atoms with E-state index in [-0.39, 0.29) is 11.4 Å². The zero-order chi connectivity index (χ0) is 18.1. The zero-order valence-electron chi connectivity index (χ0n) is 13.7. The number of aromatic carboxylic acids is 1. The minimum Gasteiger partial charge on any atom is -0.478 e. The summed E-state index contributed by atoms with van der Waals surface area (Å²) in [5.41, 5.74) is 4.05. The predicted octanol–water partition coefficient (Wildman–Crippen LogP) is 5.41. The van der Waals surface area contributed by atoms with E-state index < -0.39 is 5.97 Å². The number of hydrogen-bond acceptors (Lipinski definition) is 2. The second-order valence-corrected chi connectivity index (χ2v) is 5.99. The fraction of sp³-hybridized carbons (Fsp3) is 0. The number of carboxylic acids is 1. The summed E-state index contributed by atoms with van der Waals surface area (Å²) in [5.74, 6) is -1.26. The van der Waals surface area contributed by atoms with Gasteiger partial charge < -0.3 is 5.11 Å². The lowest BCUT2D eigenvalue weighted by Gasteiger charge is -2.09. The molecule has 0 atom stereocenters. The fourth-order valence-electron chi connectivity index (χ4n) is 3.05. The summed E-state index contributed by atoms with van der Waals surface area (Å²) in [4.78, 5) is 15.9. The zero-order valence-corrected chi connectivity index (χ0v) is 13.7. The van der Waals surface area contributed by atoms with E-state index >= 15 is 0 Å². The van der Waals surface area contributed by atoms with E-state index in [0.29, 0.717) is 5.56 Å². The smallest absolute Gasteiger partial charge is 0.336 e. The maximum Gasteiger partial charge on any atom is 0.336 e. The number of rotatable bonds is 3. The van der Waals surface area contributed by atoms with Gasteiger partial charge in [-0.2, -0.15) is 0 Å². The molecule has 0 amide bonds. The average molecular weight is 343 g/mol. The van der Waals surface area contributed by atoms with Crippen LogP contribution >= 0.6 is 0 Å². The van der Waals surface area contributed by atoms with E-state index in [1.54, 1.807) is 30.5 Å². The molecular formula is C22H14FNO2. The van der Waals surface area contributed by atoms with Gasteiger partial charge in [0.25, 0.3) is 0 Å². The number of carboxylic acid groups (broad SMARTS) is 1. The molecule has 0 aliphatic heterocycles. The van der Waals surface area contributed by atoms with Gasteiger partial charge in [0.05, 0.1) is 11.1 Å². The second kappa shape index (κ2) is 6.41. The standard InChI is InChI=1S/C22H14FNO2/c23-18-5-3-4-14(12-18)17-11-16-10-15(8-9-21(16)24-13-17)19-6-1-2-7-20(19)22(25)26/h1-13H,(H,25,26). The number of benzene rings is 3. The lowest BCUT2D eigenvalue weighted by atomic mass is 9.97. The van der Waals surface area contributed by atoms with Crippen molar-refractivity contribution in [3.8, 4) is 22.3 Å². The highest BCUT2D eigenvalue weighted by Gasteiger charge is 2.11. The predicted molar refractivity (Wildman–Crippen MR) is 99.5 cm³/mol. The van der Waals surface area contributed by atoms with Gasteiger partial charge in [-0.3, -0.25) is 4.98 Å². The van der Waals surface area contributed by atoms with Crippen LogP contribution in [-0.4, -0.2) is 16.1 Å².